The van der Waals surface area contributed by atoms with Gasteiger partial charge in [0.1, 0.15) is 11.6 Å². The minimum Gasteiger partial charge on any atom is -0.350 e. The molecule has 2 aliphatic rings. The van der Waals surface area contributed by atoms with Crippen LogP contribution in [-0.2, 0) is 10.0 Å². The van der Waals surface area contributed by atoms with Gasteiger partial charge in [0, 0.05) is 25.7 Å². The molecule has 200 valence electrons. The number of benzene rings is 2. The molecule has 2 heterocycles. The molecule has 2 aromatic carbocycles. The van der Waals surface area contributed by atoms with Crippen molar-refractivity contribution in [3.05, 3.63) is 87.3 Å². The number of aromatic nitrogens is 1. The molecule has 0 atom stereocenters. The molecule has 1 aromatic heterocycles. The summed E-state index contributed by atoms with van der Waals surface area (Å²) in [5, 5.41) is 3.99. The van der Waals surface area contributed by atoms with Gasteiger partial charge >= 0.3 is 0 Å². The maximum Gasteiger partial charge on any atom is 0.276 e. The summed E-state index contributed by atoms with van der Waals surface area (Å²) in [6.45, 7) is 2.59. The molecule has 1 saturated heterocycles. The van der Waals surface area contributed by atoms with Crippen molar-refractivity contribution in [1.29, 1.82) is 0 Å². The van der Waals surface area contributed by atoms with E-state index in [0.717, 1.165) is 23.9 Å². The Kier molecular flexibility index (Phi) is 6.95. The van der Waals surface area contributed by atoms with E-state index >= 15 is 0 Å². The van der Waals surface area contributed by atoms with Crippen molar-refractivity contribution in [1.82, 2.24) is 14.7 Å². The summed E-state index contributed by atoms with van der Waals surface area (Å²) in [5.41, 5.74) is 0.311. The quantitative estimate of drug-likeness (QED) is 0.195. The fraction of sp³-hybridized carbons (Fsp3) is 0.280. The first-order chi connectivity index (χ1) is 18.0. The Balaban J connectivity index is 1.53. The predicted molar refractivity (Wildman–Crippen MR) is 139 cm³/mol. The number of piperazine rings is 1. The van der Waals surface area contributed by atoms with Gasteiger partial charge in [-0.2, -0.15) is 13.2 Å². The minimum atomic E-state index is -4.08. The Bertz CT molecular complexity index is 1530. The summed E-state index contributed by atoms with van der Waals surface area (Å²) in [7, 11) is -4.08. The second-order valence-corrected chi connectivity index (χ2v) is 11.8. The SMILES string of the molecule is Cc1ccc(S(=O)(=O)N/N=C(/c2c(Cl)ccc(F)c2Cl)N2CCN(c3ncc(F)cc3F)CC23CC3)cc1. The van der Waals surface area contributed by atoms with Gasteiger partial charge in [-0.3, -0.25) is 0 Å². The maximum atomic E-state index is 14.5. The van der Waals surface area contributed by atoms with Crippen LogP contribution in [0.2, 0.25) is 10.0 Å². The van der Waals surface area contributed by atoms with Crippen molar-refractivity contribution >= 4 is 44.9 Å². The van der Waals surface area contributed by atoms with Crippen molar-refractivity contribution in [3.8, 4) is 0 Å². The van der Waals surface area contributed by atoms with Crippen LogP contribution in [0.25, 0.3) is 0 Å². The van der Waals surface area contributed by atoms with E-state index in [-0.39, 0.29) is 51.8 Å². The molecule has 1 saturated carbocycles. The van der Waals surface area contributed by atoms with Gasteiger partial charge in [-0.15, -0.1) is 5.10 Å². The van der Waals surface area contributed by atoms with Gasteiger partial charge in [0.05, 0.1) is 32.2 Å². The Morgan fingerprint density at radius 3 is 2.42 bits per heavy atom. The number of sulfonamides is 1. The van der Waals surface area contributed by atoms with Crippen LogP contribution >= 0.6 is 23.2 Å². The lowest BCUT2D eigenvalue weighted by Gasteiger charge is -2.44. The summed E-state index contributed by atoms with van der Waals surface area (Å²) in [6, 6.07) is 9.39. The average Bonchev–Trinajstić information content (AvgIpc) is 3.63. The molecule has 3 aromatic rings. The Morgan fingerprint density at radius 2 is 1.76 bits per heavy atom. The largest absolute Gasteiger partial charge is 0.350 e. The van der Waals surface area contributed by atoms with Crippen LogP contribution in [0.15, 0.2) is 58.7 Å². The summed E-state index contributed by atoms with van der Waals surface area (Å²) in [5.74, 6) is -2.26. The highest BCUT2D eigenvalue weighted by atomic mass is 35.5. The molecule has 5 rings (SSSR count). The van der Waals surface area contributed by atoms with E-state index < -0.39 is 33.0 Å². The van der Waals surface area contributed by atoms with Crippen molar-refractivity contribution in [3.63, 3.8) is 0 Å². The number of rotatable bonds is 5. The number of halogens is 5. The van der Waals surface area contributed by atoms with Gasteiger partial charge in [0.2, 0.25) is 0 Å². The number of amidine groups is 1. The number of nitrogens with zero attached hydrogens (tertiary/aromatic N) is 4. The molecule has 1 spiro atoms. The number of hydrazone groups is 1. The second kappa shape index (κ2) is 9.94. The van der Waals surface area contributed by atoms with Gasteiger partial charge in [0.25, 0.3) is 10.0 Å². The minimum absolute atomic E-state index is 0.00792. The Labute approximate surface area is 227 Å². The van der Waals surface area contributed by atoms with Crippen LogP contribution in [0.3, 0.4) is 0 Å². The fourth-order valence-electron chi connectivity index (χ4n) is 4.56. The first-order valence-corrected chi connectivity index (χ1v) is 13.9. The van der Waals surface area contributed by atoms with Crippen molar-refractivity contribution in [2.75, 3.05) is 24.5 Å². The van der Waals surface area contributed by atoms with Crippen molar-refractivity contribution in [2.24, 2.45) is 5.10 Å². The zero-order valence-corrected chi connectivity index (χ0v) is 22.4. The van der Waals surface area contributed by atoms with E-state index in [1.54, 1.807) is 17.0 Å². The van der Waals surface area contributed by atoms with Crippen LogP contribution in [-0.4, -0.2) is 49.3 Å². The molecule has 0 amide bonds. The first-order valence-electron chi connectivity index (χ1n) is 11.6. The predicted octanol–water partition coefficient (Wildman–Crippen LogP) is 5.11. The highest BCUT2D eigenvalue weighted by Crippen LogP contribution is 2.47. The summed E-state index contributed by atoms with van der Waals surface area (Å²) in [6.07, 6.45) is 2.25. The lowest BCUT2D eigenvalue weighted by molar-refractivity contribution is 0.257. The van der Waals surface area contributed by atoms with E-state index in [0.29, 0.717) is 12.8 Å². The monoisotopic (exact) mass is 583 g/mol. The third-order valence-corrected chi connectivity index (χ3v) is 8.60. The number of pyridine rings is 1. The molecule has 1 N–H and O–H groups in total. The van der Waals surface area contributed by atoms with Gasteiger partial charge < -0.3 is 9.80 Å². The molecular formula is C25H22Cl2F3N5O2S. The van der Waals surface area contributed by atoms with E-state index in [2.05, 4.69) is 14.9 Å². The van der Waals surface area contributed by atoms with E-state index in [4.69, 9.17) is 23.2 Å². The molecule has 38 heavy (non-hydrogen) atoms. The second-order valence-electron chi connectivity index (χ2n) is 9.32. The van der Waals surface area contributed by atoms with Crippen LogP contribution in [0.4, 0.5) is 19.0 Å². The van der Waals surface area contributed by atoms with E-state index in [9.17, 15) is 21.6 Å². The summed E-state index contributed by atoms with van der Waals surface area (Å²) >= 11 is 12.8. The van der Waals surface area contributed by atoms with Crippen LogP contribution in [0, 0.1) is 24.4 Å². The highest BCUT2D eigenvalue weighted by Gasteiger charge is 2.53. The molecule has 0 radical (unpaired) electrons. The van der Waals surface area contributed by atoms with Gasteiger partial charge in [-0.1, -0.05) is 40.9 Å². The number of anilines is 1. The van der Waals surface area contributed by atoms with Gasteiger partial charge in [-0.25, -0.2) is 18.2 Å². The Morgan fingerprint density at radius 1 is 1.05 bits per heavy atom. The normalized spacial score (nSPS) is 17.2. The molecule has 7 nitrogen and oxygen atoms in total. The van der Waals surface area contributed by atoms with Crippen LogP contribution in [0.1, 0.15) is 24.0 Å². The molecule has 0 bridgehead atoms. The lowest BCUT2D eigenvalue weighted by Crippen LogP contribution is -2.58. The number of hydrogen-bond acceptors (Lipinski definition) is 5. The number of nitrogens with one attached hydrogen (secondary N) is 1. The number of hydrogen-bond donors (Lipinski definition) is 1. The van der Waals surface area contributed by atoms with Gasteiger partial charge in [0.15, 0.2) is 17.5 Å². The van der Waals surface area contributed by atoms with Crippen molar-refractivity contribution < 1.29 is 21.6 Å². The van der Waals surface area contributed by atoms with E-state index in [1.165, 1.54) is 18.2 Å². The maximum absolute atomic E-state index is 14.5. The van der Waals surface area contributed by atoms with Crippen LogP contribution in [0.5, 0.6) is 0 Å². The highest BCUT2D eigenvalue weighted by molar-refractivity contribution is 7.89. The molecule has 1 aliphatic carbocycles. The molecule has 13 heteroatoms. The standard InChI is InChI=1S/C25H22Cl2F3N5O2S/c1-15-2-4-17(5-3-15)38(36,37)33-32-24(21-18(26)6-7-19(29)22(21)27)35-11-10-34(14-25(35)8-9-25)23-20(30)12-16(28)13-31-23/h2-7,12-13,33H,8-11,14H2,1H3/b32-24-. The lowest BCUT2D eigenvalue weighted by atomic mass is 10.1. The Hall–Kier alpha value is -3.02. The fourth-order valence-corrected chi connectivity index (χ4v) is 5.90. The van der Waals surface area contributed by atoms with E-state index in [1.807, 2.05) is 11.8 Å². The summed E-state index contributed by atoms with van der Waals surface area (Å²) < 4.78 is 68.5. The molecule has 0 unspecified atom stereocenters. The zero-order valence-electron chi connectivity index (χ0n) is 20.1. The smallest absolute Gasteiger partial charge is 0.276 e. The number of aryl methyl sites for hydroxylation is 1. The average molecular weight is 584 g/mol. The third kappa shape index (κ3) is 5.02. The first kappa shape index (κ1) is 26.6. The van der Waals surface area contributed by atoms with Crippen LogP contribution < -0.4 is 9.73 Å². The molecule has 1 aliphatic heterocycles. The zero-order chi connectivity index (χ0) is 27.2. The molecular weight excluding hydrogens is 562 g/mol. The third-order valence-electron chi connectivity index (χ3n) is 6.69. The topological polar surface area (TPSA) is 77.9 Å². The van der Waals surface area contributed by atoms with Crippen molar-refractivity contribution in [2.45, 2.75) is 30.2 Å². The van der Waals surface area contributed by atoms with Gasteiger partial charge in [-0.05, 0) is 44.0 Å². The summed E-state index contributed by atoms with van der Waals surface area (Å²) in [4.78, 5) is 9.66. The molecule has 2 fully saturated rings.